The lowest BCUT2D eigenvalue weighted by atomic mass is 10.0. The van der Waals surface area contributed by atoms with Gasteiger partial charge in [-0.2, -0.15) is 0 Å². The molecule has 8 heteroatoms. The average Bonchev–Trinajstić information content (AvgIpc) is 3.00. The molecule has 2 rings (SSSR count). The predicted molar refractivity (Wildman–Crippen MR) is 87.0 cm³/mol. The van der Waals surface area contributed by atoms with Crippen LogP contribution in [0.1, 0.15) is 12.5 Å². The minimum atomic E-state index is -1.12. The second-order valence-corrected chi connectivity index (χ2v) is 5.47. The fraction of sp³-hybridized carbons (Fsp3) is 0.471. The molecule has 0 radical (unpaired) electrons. The van der Waals surface area contributed by atoms with Gasteiger partial charge < -0.3 is 14.2 Å². The summed E-state index contributed by atoms with van der Waals surface area (Å²) >= 11 is 0. The molecule has 1 aromatic carbocycles. The number of ether oxygens (including phenoxy) is 3. The first kappa shape index (κ1) is 18.7. The van der Waals surface area contributed by atoms with Gasteiger partial charge in [-0.1, -0.05) is 30.3 Å². The Balaban J connectivity index is 2.36. The summed E-state index contributed by atoms with van der Waals surface area (Å²) in [7, 11) is 2.45. The van der Waals surface area contributed by atoms with E-state index in [1.807, 2.05) is 30.3 Å². The molecule has 1 heterocycles. The van der Waals surface area contributed by atoms with E-state index in [1.54, 1.807) is 11.9 Å². The largest absolute Gasteiger partial charge is 0.469 e. The molecule has 0 N–H and O–H groups in total. The van der Waals surface area contributed by atoms with Gasteiger partial charge in [0.05, 0.1) is 20.8 Å². The van der Waals surface area contributed by atoms with Gasteiger partial charge in [0, 0.05) is 13.1 Å². The molecule has 1 aliphatic rings. The molecule has 1 aromatic rings. The highest BCUT2D eigenvalue weighted by molar-refractivity contribution is 5.88. The van der Waals surface area contributed by atoms with Gasteiger partial charge in [-0.3, -0.25) is 4.79 Å². The summed E-state index contributed by atoms with van der Waals surface area (Å²) in [5, 5.41) is 2.76. The van der Waals surface area contributed by atoms with Crippen molar-refractivity contribution < 1.29 is 28.6 Å². The third kappa shape index (κ3) is 4.08. The number of hydrogen-bond acceptors (Lipinski definition) is 7. The van der Waals surface area contributed by atoms with Gasteiger partial charge in [0.25, 0.3) is 0 Å². The fourth-order valence-electron chi connectivity index (χ4n) is 2.85. The van der Waals surface area contributed by atoms with Crippen LogP contribution in [0.5, 0.6) is 0 Å². The second kappa shape index (κ2) is 8.48. The maximum Gasteiger partial charge on any atom is 0.425 e. The highest BCUT2D eigenvalue weighted by Gasteiger charge is 2.52. The van der Waals surface area contributed by atoms with E-state index in [4.69, 9.17) is 14.2 Å². The molecule has 1 saturated heterocycles. The summed E-state index contributed by atoms with van der Waals surface area (Å²) in [6, 6.07) is 8.28. The van der Waals surface area contributed by atoms with Crippen molar-refractivity contribution in [2.24, 2.45) is 5.92 Å². The molecule has 0 aliphatic carbocycles. The normalized spacial score (nSPS) is 20.2. The van der Waals surface area contributed by atoms with Gasteiger partial charge in [0.15, 0.2) is 6.04 Å². The van der Waals surface area contributed by atoms with Crippen LogP contribution in [0.15, 0.2) is 30.3 Å². The summed E-state index contributed by atoms with van der Waals surface area (Å²) < 4.78 is 14.7. The number of rotatable bonds is 5. The first-order valence-electron chi connectivity index (χ1n) is 7.93. The molecule has 0 bridgehead atoms. The van der Waals surface area contributed by atoms with Crippen molar-refractivity contribution in [1.82, 2.24) is 10.0 Å². The Bertz CT molecular complexity index is 621. The Kier molecular flexibility index (Phi) is 6.35. The van der Waals surface area contributed by atoms with Crippen LogP contribution in [0.4, 0.5) is 4.79 Å². The number of methoxy groups -OCH3 is 2. The Hall–Kier alpha value is -2.61. The number of benzene rings is 1. The molecule has 136 valence electrons. The third-order valence-electron chi connectivity index (χ3n) is 3.97. The molecule has 0 aromatic heterocycles. The van der Waals surface area contributed by atoms with Gasteiger partial charge in [-0.25, -0.2) is 19.6 Å². The predicted octanol–water partition coefficient (Wildman–Crippen LogP) is 1.21. The van der Waals surface area contributed by atoms with Gasteiger partial charge in [-0.15, -0.1) is 0 Å². The lowest BCUT2D eigenvalue weighted by molar-refractivity contribution is -0.156. The lowest BCUT2D eigenvalue weighted by Crippen LogP contribution is -2.50. The average molecular weight is 350 g/mol. The van der Waals surface area contributed by atoms with E-state index in [0.29, 0.717) is 6.54 Å². The number of nitrogens with zero attached hydrogens (tertiary/aromatic N) is 2. The quantitative estimate of drug-likeness (QED) is 0.583. The number of amides is 1. The van der Waals surface area contributed by atoms with Crippen LogP contribution in [-0.2, 0) is 30.3 Å². The van der Waals surface area contributed by atoms with Crippen LogP contribution < -0.4 is 0 Å². The van der Waals surface area contributed by atoms with Gasteiger partial charge in [-0.05, 0) is 12.5 Å². The van der Waals surface area contributed by atoms with Gasteiger partial charge in [0.1, 0.15) is 5.92 Å². The lowest BCUT2D eigenvalue weighted by Gasteiger charge is -2.30. The van der Waals surface area contributed by atoms with Crippen molar-refractivity contribution >= 4 is 18.0 Å². The smallest absolute Gasteiger partial charge is 0.425 e. The number of hydrazine groups is 1. The van der Waals surface area contributed by atoms with Crippen molar-refractivity contribution in [1.29, 1.82) is 0 Å². The van der Waals surface area contributed by atoms with Crippen molar-refractivity contribution in [2.75, 3.05) is 27.4 Å². The third-order valence-corrected chi connectivity index (χ3v) is 3.97. The van der Waals surface area contributed by atoms with Crippen LogP contribution >= 0.6 is 0 Å². The standard InChI is InChI=1S/C17H22N2O6/c1-4-25-17(22)19-14(16(21)24-3)13(15(20)23-2)11-18(19)10-12-8-6-5-7-9-12/h5-9,13-14H,4,10-11H2,1-3H3/t13-,14-/m0/s1. The van der Waals surface area contributed by atoms with Crippen LogP contribution in [-0.4, -0.2) is 61.5 Å². The van der Waals surface area contributed by atoms with Gasteiger partial charge in [0.2, 0.25) is 0 Å². The van der Waals surface area contributed by atoms with Crippen molar-refractivity contribution in [3.63, 3.8) is 0 Å². The molecule has 2 atom stereocenters. The van der Waals surface area contributed by atoms with Crippen LogP contribution in [0.2, 0.25) is 0 Å². The molecule has 1 aliphatic heterocycles. The van der Waals surface area contributed by atoms with Gasteiger partial charge >= 0.3 is 18.0 Å². The Labute approximate surface area is 146 Å². The number of esters is 2. The van der Waals surface area contributed by atoms with E-state index in [2.05, 4.69) is 0 Å². The monoisotopic (exact) mass is 350 g/mol. The molecule has 1 amide bonds. The zero-order valence-electron chi connectivity index (χ0n) is 14.5. The van der Waals surface area contributed by atoms with Crippen molar-refractivity contribution in [3.8, 4) is 0 Å². The van der Waals surface area contributed by atoms with E-state index in [1.165, 1.54) is 14.2 Å². The first-order valence-corrected chi connectivity index (χ1v) is 7.93. The minimum absolute atomic E-state index is 0.139. The fourth-order valence-corrected chi connectivity index (χ4v) is 2.85. The highest BCUT2D eigenvalue weighted by Crippen LogP contribution is 2.29. The van der Waals surface area contributed by atoms with Crippen LogP contribution in [0, 0.1) is 5.92 Å². The molecular weight excluding hydrogens is 328 g/mol. The van der Waals surface area contributed by atoms with E-state index in [9.17, 15) is 14.4 Å². The number of hydrogen-bond donors (Lipinski definition) is 0. The molecule has 25 heavy (non-hydrogen) atoms. The zero-order valence-corrected chi connectivity index (χ0v) is 14.5. The van der Waals surface area contributed by atoms with Crippen molar-refractivity contribution in [3.05, 3.63) is 35.9 Å². The maximum absolute atomic E-state index is 12.4. The van der Waals surface area contributed by atoms with Crippen molar-refractivity contribution in [2.45, 2.75) is 19.5 Å². The van der Waals surface area contributed by atoms with E-state index in [-0.39, 0.29) is 13.2 Å². The Morgan fingerprint density at radius 2 is 1.72 bits per heavy atom. The molecular formula is C17H22N2O6. The summed E-state index contributed by atoms with van der Waals surface area (Å²) in [5.41, 5.74) is 0.922. The summed E-state index contributed by atoms with van der Waals surface area (Å²) in [5.74, 6) is -2.13. The minimum Gasteiger partial charge on any atom is -0.469 e. The maximum atomic E-state index is 12.4. The molecule has 0 saturated carbocycles. The number of carbonyl (C=O) groups excluding carboxylic acids is 3. The first-order chi connectivity index (χ1) is 12.0. The second-order valence-electron chi connectivity index (χ2n) is 5.47. The number of carbonyl (C=O) groups is 3. The highest BCUT2D eigenvalue weighted by atomic mass is 16.6. The molecule has 0 unspecified atom stereocenters. The van der Waals surface area contributed by atoms with Crippen LogP contribution in [0.25, 0.3) is 0 Å². The molecule has 0 spiro atoms. The summed E-state index contributed by atoms with van der Waals surface area (Å²) in [4.78, 5) is 36.8. The van der Waals surface area contributed by atoms with E-state index in [0.717, 1.165) is 10.6 Å². The SMILES string of the molecule is CCOC(=O)N1[C@H](C(=O)OC)[C@@H](C(=O)OC)CN1Cc1ccccc1. The zero-order chi connectivity index (χ0) is 18.4. The Morgan fingerprint density at radius 3 is 2.28 bits per heavy atom. The van der Waals surface area contributed by atoms with E-state index >= 15 is 0 Å². The molecule has 8 nitrogen and oxygen atoms in total. The van der Waals surface area contributed by atoms with E-state index < -0.39 is 30.0 Å². The summed E-state index contributed by atoms with van der Waals surface area (Å²) in [6.07, 6.45) is -0.708. The molecule has 1 fully saturated rings. The Morgan fingerprint density at radius 1 is 1.08 bits per heavy atom. The topological polar surface area (TPSA) is 85.4 Å². The van der Waals surface area contributed by atoms with Crippen LogP contribution in [0.3, 0.4) is 0 Å². The summed E-state index contributed by atoms with van der Waals surface area (Å²) in [6.45, 7) is 2.28.